The Kier molecular flexibility index (Phi) is 12.9. The summed E-state index contributed by atoms with van der Waals surface area (Å²) in [6, 6.07) is 58.6. The van der Waals surface area contributed by atoms with E-state index in [9.17, 15) is 0 Å². The number of hydrogen-bond acceptors (Lipinski definition) is 1. The van der Waals surface area contributed by atoms with Gasteiger partial charge in [0.1, 0.15) is 0 Å². The molecule has 1 aliphatic carbocycles. The Morgan fingerprint density at radius 3 is 1.94 bits per heavy atom. The van der Waals surface area contributed by atoms with Crippen molar-refractivity contribution in [3.8, 4) is 33.6 Å². The number of fused-ring (bicyclic) bond motifs is 9. The minimum Gasteiger partial charge on any atom is -0.385 e. The van der Waals surface area contributed by atoms with E-state index in [-0.39, 0.29) is 0 Å². The summed E-state index contributed by atoms with van der Waals surface area (Å²) in [5, 5.41) is 7.42. The van der Waals surface area contributed by atoms with Crippen molar-refractivity contribution >= 4 is 38.8 Å². The maximum atomic E-state index is 3.50. The summed E-state index contributed by atoms with van der Waals surface area (Å²) in [6.45, 7) is 10.2. The van der Waals surface area contributed by atoms with E-state index in [0.717, 1.165) is 31.2 Å². The number of benzene rings is 7. The van der Waals surface area contributed by atoms with Crippen molar-refractivity contribution in [2.75, 3.05) is 0 Å². The molecule has 3 unspecified atom stereocenters. The molecule has 2 aromatic heterocycles. The van der Waals surface area contributed by atoms with Crippen molar-refractivity contribution in [2.45, 2.75) is 117 Å². The summed E-state index contributed by atoms with van der Waals surface area (Å²) in [5.41, 5.74) is 21.5. The van der Waals surface area contributed by atoms with Gasteiger partial charge in [-0.05, 0) is 154 Å². The van der Waals surface area contributed by atoms with Crippen LogP contribution in [0.25, 0.3) is 72.4 Å². The van der Waals surface area contributed by atoms with Crippen LogP contribution < -0.4 is 5.32 Å². The minimum atomic E-state index is 0.307. The molecular weight excluding hydrogens is 835 g/mol. The molecule has 3 heteroatoms. The molecule has 0 spiro atoms. The summed E-state index contributed by atoms with van der Waals surface area (Å²) < 4.78 is 4.93. The Labute approximate surface area is 410 Å². The summed E-state index contributed by atoms with van der Waals surface area (Å²) in [4.78, 5) is 0. The van der Waals surface area contributed by atoms with Crippen LogP contribution in [0, 0.1) is 11.8 Å². The second-order valence-electron chi connectivity index (χ2n) is 20.4. The molecule has 0 bridgehead atoms. The van der Waals surface area contributed by atoms with E-state index in [1.807, 2.05) is 0 Å². The lowest BCUT2D eigenvalue weighted by molar-refractivity contribution is 0.449. The van der Waals surface area contributed by atoms with Gasteiger partial charge in [-0.2, -0.15) is 0 Å². The Morgan fingerprint density at radius 2 is 1.20 bits per heavy atom. The summed E-state index contributed by atoms with van der Waals surface area (Å²) in [6.07, 6.45) is 19.2. The van der Waals surface area contributed by atoms with Crippen molar-refractivity contribution in [3.63, 3.8) is 0 Å². The molecule has 0 amide bonds. The SMILES string of the molecule is CCCCC(CC)Cc1ccc2c(c1)-c1cc(CC(CC)CCCC)ccc1C(c1ccc3c(c1)c1ccccc1n3-c1ccc(-n3c4c(c5cc(-c6ccccc6)ccc53)C=CNC4)cc1)CC2. The van der Waals surface area contributed by atoms with Crippen LogP contribution in [0.4, 0.5) is 0 Å². The lowest BCUT2D eigenvalue weighted by atomic mass is 9.83. The number of aryl methyl sites for hydroxylation is 1. The molecule has 1 N–H and O–H groups in total. The number of rotatable bonds is 16. The van der Waals surface area contributed by atoms with E-state index in [2.05, 4.69) is 206 Å². The largest absolute Gasteiger partial charge is 0.385 e. The molecule has 69 heavy (non-hydrogen) atoms. The summed E-state index contributed by atoms with van der Waals surface area (Å²) in [7, 11) is 0. The third-order valence-corrected chi connectivity index (χ3v) is 16.1. The first-order chi connectivity index (χ1) is 34.0. The van der Waals surface area contributed by atoms with Gasteiger partial charge in [0.25, 0.3) is 0 Å². The zero-order chi connectivity index (χ0) is 46.8. The van der Waals surface area contributed by atoms with Crippen LogP contribution in [0.5, 0.6) is 0 Å². The Hall–Kier alpha value is -6.58. The van der Waals surface area contributed by atoms with E-state index >= 15 is 0 Å². The standard InChI is InChI=1S/C66H69N3/c1-5-9-16-45(7-3)38-47-22-24-50-25-33-55(56-32-23-48(41-60(56)59(50)40-47)39-46(8-4)17-10-6-2)52-27-35-64-62(43-52)57-20-14-15-21-63(57)68(64)53-28-30-54(31-29-53)69-65-34-26-51(49-18-12-11-13-19-49)42-61(65)58-36-37-67-44-66(58)69/h11-15,18-24,26-32,34-37,40-43,45-46,55,67H,5-10,16-17,25,33,38-39,44H2,1-4H3. The third-order valence-electron chi connectivity index (χ3n) is 16.1. The molecule has 1 aliphatic heterocycles. The highest BCUT2D eigenvalue weighted by Crippen LogP contribution is 2.45. The van der Waals surface area contributed by atoms with Gasteiger partial charge in [-0.1, -0.05) is 176 Å². The van der Waals surface area contributed by atoms with Crippen LogP contribution in [0.15, 0.2) is 158 Å². The lowest BCUT2D eigenvalue weighted by Crippen LogP contribution is -2.13. The predicted octanol–water partition coefficient (Wildman–Crippen LogP) is 17.7. The Bertz CT molecular complexity index is 3290. The Balaban J connectivity index is 0.970. The highest BCUT2D eigenvalue weighted by Gasteiger charge is 2.27. The lowest BCUT2D eigenvalue weighted by Gasteiger charge is -2.22. The molecule has 9 aromatic rings. The fraction of sp³-hybridized carbons (Fsp3) is 0.303. The molecule has 0 fully saturated rings. The average Bonchev–Trinajstić information content (AvgIpc) is 3.86. The van der Waals surface area contributed by atoms with Gasteiger partial charge in [-0.3, -0.25) is 0 Å². The molecule has 3 heterocycles. The first-order valence-corrected chi connectivity index (χ1v) is 26.5. The van der Waals surface area contributed by atoms with Gasteiger partial charge in [0.15, 0.2) is 0 Å². The van der Waals surface area contributed by atoms with Crippen LogP contribution in [-0.4, -0.2) is 9.13 Å². The van der Waals surface area contributed by atoms with Crippen LogP contribution in [0.2, 0.25) is 0 Å². The molecule has 11 rings (SSSR count). The number of hydrogen-bond donors (Lipinski definition) is 1. The first kappa shape index (κ1) is 44.9. The number of unbranched alkanes of at least 4 members (excludes halogenated alkanes) is 2. The molecular formula is C66H69N3. The molecule has 0 radical (unpaired) electrons. The molecule has 3 nitrogen and oxygen atoms in total. The second kappa shape index (κ2) is 19.8. The van der Waals surface area contributed by atoms with Gasteiger partial charge in [-0.15, -0.1) is 0 Å². The van der Waals surface area contributed by atoms with Crippen molar-refractivity contribution in [1.82, 2.24) is 14.5 Å². The van der Waals surface area contributed by atoms with Crippen LogP contribution in [-0.2, 0) is 25.8 Å². The fourth-order valence-corrected chi connectivity index (χ4v) is 12.2. The van der Waals surface area contributed by atoms with Crippen molar-refractivity contribution in [1.29, 1.82) is 0 Å². The van der Waals surface area contributed by atoms with Gasteiger partial charge in [0.05, 0.1) is 28.8 Å². The van der Waals surface area contributed by atoms with Gasteiger partial charge in [0.2, 0.25) is 0 Å². The van der Waals surface area contributed by atoms with E-state index in [0.29, 0.717) is 5.92 Å². The number of aromatic nitrogens is 2. The summed E-state index contributed by atoms with van der Waals surface area (Å²) >= 11 is 0. The molecule has 348 valence electrons. The number of nitrogens with one attached hydrogen (secondary N) is 1. The molecule has 0 saturated heterocycles. The molecule has 2 aliphatic rings. The maximum absolute atomic E-state index is 3.50. The first-order valence-electron chi connectivity index (χ1n) is 26.5. The fourth-order valence-electron chi connectivity index (χ4n) is 12.2. The van der Waals surface area contributed by atoms with Gasteiger partial charge in [0, 0.05) is 39.0 Å². The maximum Gasteiger partial charge on any atom is 0.0558 e. The van der Waals surface area contributed by atoms with E-state index < -0.39 is 0 Å². The van der Waals surface area contributed by atoms with Crippen LogP contribution in [0.3, 0.4) is 0 Å². The molecule has 0 saturated carbocycles. The van der Waals surface area contributed by atoms with Gasteiger partial charge >= 0.3 is 0 Å². The van der Waals surface area contributed by atoms with Crippen LogP contribution in [0.1, 0.15) is 130 Å². The predicted molar refractivity (Wildman–Crippen MR) is 295 cm³/mol. The highest BCUT2D eigenvalue weighted by molar-refractivity contribution is 6.09. The average molecular weight is 904 g/mol. The number of nitrogens with zero attached hydrogens (tertiary/aromatic N) is 2. The van der Waals surface area contributed by atoms with Gasteiger partial charge in [-0.25, -0.2) is 0 Å². The quantitative estimate of drug-likeness (QED) is 0.103. The highest BCUT2D eigenvalue weighted by atomic mass is 15.0. The third kappa shape index (κ3) is 8.64. The van der Waals surface area contributed by atoms with Crippen LogP contribution >= 0.6 is 0 Å². The normalized spacial score (nSPS) is 15.2. The molecule has 3 atom stereocenters. The van der Waals surface area contributed by atoms with Crippen molar-refractivity contribution in [2.24, 2.45) is 11.8 Å². The van der Waals surface area contributed by atoms with E-state index in [1.165, 1.54) is 170 Å². The van der Waals surface area contributed by atoms with E-state index in [4.69, 9.17) is 0 Å². The minimum absolute atomic E-state index is 0.307. The zero-order valence-electron chi connectivity index (χ0n) is 41.4. The topological polar surface area (TPSA) is 21.9 Å². The van der Waals surface area contributed by atoms with Gasteiger partial charge < -0.3 is 14.5 Å². The summed E-state index contributed by atoms with van der Waals surface area (Å²) in [5.74, 6) is 1.79. The molecule has 7 aromatic carbocycles. The smallest absolute Gasteiger partial charge is 0.0558 e. The Morgan fingerprint density at radius 1 is 0.551 bits per heavy atom. The monoisotopic (exact) mass is 904 g/mol. The number of para-hydroxylation sites is 1. The van der Waals surface area contributed by atoms with E-state index in [1.54, 1.807) is 0 Å². The second-order valence-corrected chi connectivity index (χ2v) is 20.4. The van der Waals surface area contributed by atoms with Crippen molar-refractivity contribution < 1.29 is 0 Å². The van der Waals surface area contributed by atoms with Crippen molar-refractivity contribution in [3.05, 3.63) is 197 Å². The zero-order valence-corrected chi connectivity index (χ0v) is 41.4.